The van der Waals surface area contributed by atoms with Gasteiger partial charge in [-0.1, -0.05) is 6.92 Å². The average Bonchev–Trinajstić information content (AvgIpc) is 2.82. The molecule has 0 aromatic carbocycles. The van der Waals surface area contributed by atoms with Crippen molar-refractivity contribution in [1.29, 1.82) is 0 Å². The number of nitro groups is 1. The number of fused-ring (bicyclic) bond motifs is 5. The van der Waals surface area contributed by atoms with E-state index in [0.717, 1.165) is 37.5 Å². The Balaban J connectivity index is 1.57. The summed E-state index contributed by atoms with van der Waals surface area (Å²) in [5, 5.41) is 21.5. The third-order valence-corrected chi connectivity index (χ3v) is 7.80. The molecule has 0 aliphatic heterocycles. The summed E-state index contributed by atoms with van der Waals surface area (Å²) in [4.78, 5) is 10.9. The fourth-order valence-electron chi connectivity index (χ4n) is 6.60. The van der Waals surface area contributed by atoms with E-state index < -0.39 is 0 Å². The zero-order valence-electron chi connectivity index (χ0n) is 13.4. The van der Waals surface area contributed by atoms with E-state index in [1.54, 1.807) is 0 Å². The number of rotatable bonds is 1. The smallest absolute Gasteiger partial charge is 0.242 e. The Hall–Kier alpha value is -0.900. The lowest BCUT2D eigenvalue weighted by Gasteiger charge is -2.54. The van der Waals surface area contributed by atoms with Crippen molar-refractivity contribution in [2.45, 2.75) is 64.4 Å². The van der Waals surface area contributed by atoms with Gasteiger partial charge in [-0.05, 0) is 86.0 Å². The standard InChI is InChI=1S/C18H27NO3/c1-18-9-8-14-13-5-3-12(19(21)22)10-11(13)2-4-15(14)16(18)6-7-17(18)20/h3,11,13-17,20H,2,4-10H2,1H3/t11?,13?,14-,15?,16+,17?,18+/m1/s1. The largest absolute Gasteiger partial charge is 0.393 e. The zero-order valence-corrected chi connectivity index (χ0v) is 13.4. The van der Waals surface area contributed by atoms with Gasteiger partial charge in [0.2, 0.25) is 5.70 Å². The Labute approximate surface area is 132 Å². The first-order valence-electron chi connectivity index (χ1n) is 9.02. The third-order valence-electron chi connectivity index (χ3n) is 7.80. The van der Waals surface area contributed by atoms with Gasteiger partial charge in [-0.3, -0.25) is 10.1 Å². The van der Waals surface area contributed by atoms with E-state index in [9.17, 15) is 15.2 Å². The maximum Gasteiger partial charge on any atom is 0.242 e. The average molecular weight is 305 g/mol. The first-order valence-corrected chi connectivity index (χ1v) is 9.02. The quantitative estimate of drug-likeness (QED) is 0.592. The van der Waals surface area contributed by atoms with E-state index in [2.05, 4.69) is 6.92 Å². The normalized spacial score (nSPS) is 50.5. The first-order chi connectivity index (χ1) is 10.5. The lowest BCUT2D eigenvalue weighted by atomic mass is 9.51. The summed E-state index contributed by atoms with van der Waals surface area (Å²) in [5.41, 5.74) is 0.599. The van der Waals surface area contributed by atoms with E-state index >= 15 is 0 Å². The fraction of sp³-hybridized carbons (Fsp3) is 0.889. The van der Waals surface area contributed by atoms with E-state index in [1.165, 1.54) is 19.3 Å². The molecule has 3 fully saturated rings. The van der Waals surface area contributed by atoms with Crippen molar-refractivity contribution in [2.75, 3.05) is 0 Å². The van der Waals surface area contributed by atoms with Gasteiger partial charge in [0.25, 0.3) is 0 Å². The molecule has 122 valence electrons. The van der Waals surface area contributed by atoms with Crippen LogP contribution in [0.3, 0.4) is 0 Å². The minimum absolute atomic E-state index is 0.108. The van der Waals surface area contributed by atoms with Gasteiger partial charge in [0.15, 0.2) is 0 Å². The zero-order chi connectivity index (χ0) is 15.5. The van der Waals surface area contributed by atoms with Gasteiger partial charge in [0.1, 0.15) is 0 Å². The first kappa shape index (κ1) is 14.7. The molecule has 0 heterocycles. The minimum Gasteiger partial charge on any atom is -0.393 e. The van der Waals surface area contributed by atoms with Crippen LogP contribution in [-0.4, -0.2) is 16.1 Å². The molecule has 0 spiro atoms. The number of hydrogen-bond donors (Lipinski definition) is 1. The Morgan fingerprint density at radius 2 is 2.00 bits per heavy atom. The maximum atomic E-state index is 11.0. The predicted molar refractivity (Wildman–Crippen MR) is 83.6 cm³/mol. The van der Waals surface area contributed by atoms with Crippen LogP contribution in [0.4, 0.5) is 0 Å². The molecule has 0 aromatic rings. The van der Waals surface area contributed by atoms with Crippen LogP contribution in [0.2, 0.25) is 0 Å². The van der Waals surface area contributed by atoms with Crippen molar-refractivity contribution < 1.29 is 10.0 Å². The van der Waals surface area contributed by atoms with Crippen molar-refractivity contribution in [3.05, 3.63) is 21.9 Å². The molecule has 4 aliphatic rings. The fourth-order valence-corrected chi connectivity index (χ4v) is 6.60. The van der Waals surface area contributed by atoms with Crippen LogP contribution in [0, 0.1) is 45.1 Å². The molecule has 0 bridgehead atoms. The third kappa shape index (κ3) is 1.99. The van der Waals surface area contributed by atoms with Gasteiger partial charge in [-0.15, -0.1) is 0 Å². The predicted octanol–water partition coefficient (Wildman–Crippen LogP) is 3.77. The number of hydrogen-bond acceptors (Lipinski definition) is 3. The molecule has 4 aliphatic carbocycles. The molecule has 0 aromatic heterocycles. The summed E-state index contributed by atoms with van der Waals surface area (Å²) in [5.74, 6) is 3.37. The summed E-state index contributed by atoms with van der Waals surface area (Å²) in [6.07, 6.45) is 10.3. The summed E-state index contributed by atoms with van der Waals surface area (Å²) >= 11 is 0. The number of aliphatic hydroxyl groups is 1. The molecule has 4 unspecified atom stereocenters. The second-order valence-electron chi connectivity index (χ2n) is 8.47. The second-order valence-corrected chi connectivity index (χ2v) is 8.47. The number of allylic oxidation sites excluding steroid dienone is 2. The lowest BCUT2D eigenvalue weighted by Crippen LogP contribution is -2.48. The van der Waals surface area contributed by atoms with Crippen LogP contribution in [0.5, 0.6) is 0 Å². The van der Waals surface area contributed by atoms with E-state index in [0.29, 0.717) is 29.9 Å². The van der Waals surface area contributed by atoms with Crippen molar-refractivity contribution in [3.8, 4) is 0 Å². The van der Waals surface area contributed by atoms with Crippen LogP contribution < -0.4 is 0 Å². The maximum absolute atomic E-state index is 11.0. The molecule has 22 heavy (non-hydrogen) atoms. The second kappa shape index (κ2) is 5.05. The summed E-state index contributed by atoms with van der Waals surface area (Å²) < 4.78 is 0. The highest BCUT2D eigenvalue weighted by molar-refractivity contribution is 5.10. The Bertz CT molecular complexity index is 516. The molecular formula is C18H27NO3. The Morgan fingerprint density at radius 1 is 1.18 bits per heavy atom. The Kier molecular flexibility index (Phi) is 3.37. The van der Waals surface area contributed by atoms with E-state index in [-0.39, 0.29) is 16.4 Å². The van der Waals surface area contributed by atoms with Gasteiger partial charge >= 0.3 is 0 Å². The minimum atomic E-state index is -0.173. The van der Waals surface area contributed by atoms with Gasteiger partial charge < -0.3 is 5.11 Å². The molecule has 3 saturated carbocycles. The molecular weight excluding hydrogens is 278 g/mol. The van der Waals surface area contributed by atoms with Crippen LogP contribution in [0.25, 0.3) is 0 Å². The van der Waals surface area contributed by atoms with Crippen LogP contribution >= 0.6 is 0 Å². The van der Waals surface area contributed by atoms with Gasteiger partial charge in [0.05, 0.1) is 11.0 Å². The highest BCUT2D eigenvalue weighted by Crippen LogP contribution is 2.62. The summed E-state index contributed by atoms with van der Waals surface area (Å²) in [6.45, 7) is 2.31. The van der Waals surface area contributed by atoms with Crippen molar-refractivity contribution in [1.82, 2.24) is 0 Å². The molecule has 4 rings (SSSR count). The molecule has 7 atom stereocenters. The van der Waals surface area contributed by atoms with E-state index in [1.807, 2.05) is 6.08 Å². The van der Waals surface area contributed by atoms with Crippen molar-refractivity contribution >= 4 is 0 Å². The molecule has 0 amide bonds. The van der Waals surface area contributed by atoms with Crippen molar-refractivity contribution in [3.63, 3.8) is 0 Å². The van der Waals surface area contributed by atoms with Gasteiger partial charge in [0, 0.05) is 6.42 Å². The number of aliphatic hydroxyl groups excluding tert-OH is 1. The van der Waals surface area contributed by atoms with Crippen LogP contribution in [0.15, 0.2) is 11.8 Å². The van der Waals surface area contributed by atoms with Crippen molar-refractivity contribution in [2.24, 2.45) is 35.0 Å². The van der Waals surface area contributed by atoms with Gasteiger partial charge in [-0.2, -0.15) is 0 Å². The van der Waals surface area contributed by atoms with Crippen LogP contribution in [-0.2, 0) is 0 Å². The SMILES string of the molecule is C[C@]12CC[C@@H]3C4CC=C([N+](=O)[O-])CC4CCC3[C@@H]1CCC2O. The highest BCUT2D eigenvalue weighted by Gasteiger charge is 2.56. The van der Waals surface area contributed by atoms with Gasteiger partial charge in [-0.25, -0.2) is 0 Å². The molecule has 4 nitrogen and oxygen atoms in total. The highest BCUT2D eigenvalue weighted by atomic mass is 16.6. The topological polar surface area (TPSA) is 63.4 Å². The summed E-state index contributed by atoms with van der Waals surface area (Å²) in [7, 11) is 0. The summed E-state index contributed by atoms with van der Waals surface area (Å²) in [6, 6.07) is 0. The molecule has 1 N–H and O–H groups in total. The van der Waals surface area contributed by atoms with E-state index in [4.69, 9.17) is 0 Å². The monoisotopic (exact) mass is 305 g/mol. The molecule has 0 radical (unpaired) electrons. The Morgan fingerprint density at radius 3 is 2.77 bits per heavy atom. The number of nitrogens with zero attached hydrogens (tertiary/aromatic N) is 1. The van der Waals surface area contributed by atoms with Crippen LogP contribution in [0.1, 0.15) is 58.3 Å². The molecule has 4 heteroatoms. The molecule has 0 saturated heterocycles. The lowest BCUT2D eigenvalue weighted by molar-refractivity contribution is -0.431.